The zero-order valence-corrected chi connectivity index (χ0v) is 18.2. The highest BCUT2D eigenvalue weighted by atomic mass is 19.4. The van der Waals surface area contributed by atoms with E-state index in [-0.39, 0.29) is 12.1 Å². The maximum Gasteiger partial charge on any atom is 0.573 e. The quantitative estimate of drug-likeness (QED) is 0.581. The van der Waals surface area contributed by atoms with Crippen LogP contribution in [0.3, 0.4) is 0 Å². The number of hydrogen-bond acceptors (Lipinski definition) is 5. The van der Waals surface area contributed by atoms with Crippen molar-refractivity contribution in [2.75, 3.05) is 24.3 Å². The van der Waals surface area contributed by atoms with Gasteiger partial charge in [-0.25, -0.2) is 4.98 Å². The summed E-state index contributed by atoms with van der Waals surface area (Å²) in [7, 11) is 3.92. The molecular formula is C24H22F3N3O3. The Balaban J connectivity index is 1.54. The molecule has 0 aliphatic carbocycles. The Morgan fingerprint density at radius 3 is 2.55 bits per heavy atom. The monoisotopic (exact) mass is 457 g/mol. The third-order valence-corrected chi connectivity index (χ3v) is 5.35. The summed E-state index contributed by atoms with van der Waals surface area (Å²) in [5, 5.41) is 2.62. The van der Waals surface area contributed by atoms with Gasteiger partial charge in [0.05, 0.1) is 0 Å². The van der Waals surface area contributed by atoms with Gasteiger partial charge >= 0.3 is 6.36 Å². The smallest absolute Gasteiger partial charge is 0.461 e. The van der Waals surface area contributed by atoms with Crippen LogP contribution in [-0.4, -0.2) is 36.9 Å². The van der Waals surface area contributed by atoms with Crippen LogP contribution in [0, 0.1) is 0 Å². The number of rotatable bonds is 5. The van der Waals surface area contributed by atoms with E-state index in [0.29, 0.717) is 5.88 Å². The molecule has 33 heavy (non-hydrogen) atoms. The number of alkyl halides is 3. The van der Waals surface area contributed by atoms with Crippen LogP contribution in [0.2, 0.25) is 0 Å². The Morgan fingerprint density at radius 1 is 1.15 bits per heavy atom. The predicted octanol–water partition coefficient (Wildman–Crippen LogP) is 5.05. The minimum Gasteiger partial charge on any atom is -0.461 e. The topological polar surface area (TPSA) is 63.7 Å². The maximum atomic E-state index is 13.0. The molecule has 0 saturated carbocycles. The second kappa shape index (κ2) is 8.31. The van der Waals surface area contributed by atoms with Crippen LogP contribution < -0.4 is 19.7 Å². The fourth-order valence-electron chi connectivity index (χ4n) is 3.69. The lowest BCUT2D eigenvalue weighted by Gasteiger charge is -2.22. The summed E-state index contributed by atoms with van der Waals surface area (Å²) in [5.41, 5.74) is 2.60. The van der Waals surface area contributed by atoms with E-state index in [1.54, 1.807) is 13.1 Å². The van der Waals surface area contributed by atoms with Gasteiger partial charge in [-0.05, 0) is 48.4 Å². The Hall–Kier alpha value is -3.75. The van der Waals surface area contributed by atoms with Gasteiger partial charge in [-0.2, -0.15) is 0 Å². The first-order valence-electron chi connectivity index (χ1n) is 10.2. The number of amides is 1. The zero-order valence-electron chi connectivity index (χ0n) is 18.2. The van der Waals surface area contributed by atoms with E-state index in [4.69, 9.17) is 4.74 Å². The van der Waals surface area contributed by atoms with E-state index in [1.165, 1.54) is 12.1 Å². The molecular weight excluding hydrogens is 435 g/mol. The van der Waals surface area contributed by atoms with Gasteiger partial charge < -0.3 is 19.7 Å². The average Bonchev–Trinajstić information content (AvgIpc) is 3.10. The van der Waals surface area contributed by atoms with Crippen LogP contribution in [0.25, 0.3) is 11.1 Å². The number of aromatic nitrogens is 1. The number of carbonyl (C=O) groups is 1. The number of carbonyl (C=O) groups excluding carboxylic acids is 1. The van der Waals surface area contributed by atoms with Crippen LogP contribution in [0.4, 0.5) is 24.5 Å². The zero-order chi connectivity index (χ0) is 23.8. The number of ether oxygens (including phenoxy) is 2. The molecule has 6 nitrogen and oxygen atoms in total. The van der Waals surface area contributed by atoms with Gasteiger partial charge in [0.1, 0.15) is 5.75 Å². The third-order valence-electron chi connectivity index (χ3n) is 5.35. The standard InChI is InChI=1S/C24H22F3N3O3/c1-23(22(31)29-16-5-4-6-18(13-16)32-24(25,26)27)14-20-19(11-12-28-21(20)33-23)15-7-9-17(10-8-15)30(2)3/h4-13H,14H2,1-3H3,(H,29,31). The summed E-state index contributed by atoms with van der Waals surface area (Å²) >= 11 is 0. The normalized spacial score (nSPS) is 17.2. The molecule has 1 aliphatic heterocycles. The minimum absolute atomic E-state index is 0.162. The maximum absolute atomic E-state index is 13.0. The second-order valence-corrected chi connectivity index (χ2v) is 8.12. The molecule has 3 aromatic rings. The molecule has 2 aromatic carbocycles. The van der Waals surface area contributed by atoms with Crippen molar-refractivity contribution in [3.8, 4) is 22.8 Å². The highest BCUT2D eigenvalue weighted by Gasteiger charge is 2.44. The van der Waals surface area contributed by atoms with Crippen molar-refractivity contribution in [3.05, 3.63) is 66.4 Å². The van der Waals surface area contributed by atoms with Gasteiger partial charge in [-0.15, -0.1) is 13.2 Å². The van der Waals surface area contributed by atoms with Crippen molar-refractivity contribution >= 4 is 17.3 Å². The SMILES string of the molecule is CN(C)c1ccc(-c2ccnc3c2CC(C)(C(=O)Nc2cccc(OC(F)(F)F)c2)O3)cc1. The lowest BCUT2D eigenvalue weighted by molar-refractivity contribution is -0.274. The van der Waals surface area contributed by atoms with E-state index in [1.807, 2.05) is 49.3 Å². The summed E-state index contributed by atoms with van der Waals surface area (Å²) in [6.07, 6.45) is -2.95. The first-order valence-corrected chi connectivity index (χ1v) is 10.2. The summed E-state index contributed by atoms with van der Waals surface area (Å²) in [6, 6.07) is 15.0. The Bertz CT molecular complexity index is 1180. The molecule has 4 rings (SSSR count). The van der Waals surface area contributed by atoms with Gasteiger partial charge in [0.2, 0.25) is 5.88 Å². The molecule has 2 heterocycles. The summed E-state index contributed by atoms with van der Waals surface area (Å²) in [4.78, 5) is 19.3. The largest absolute Gasteiger partial charge is 0.573 e. The minimum atomic E-state index is -4.82. The van der Waals surface area contributed by atoms with Crippen molar-refractivity contribution in [2.24, 2.45) is 0 Å². The summed E-state index contributed by atoms with van der Waals surface area (Å²) in [5.74, 6) is -0.569. The number of fused-ring (bicyclic) bond motifs is 1. The molecule has 9 heteroatoms. The Kier molecular flexibility index (Phi) is 5.65. The van der Waals surface area contributed by atoms with Crippen LogP contribution in [0.1, 0.15) is 12.5 Å². The van der Waals surface area contributed by atoms with Crippen molar-refractivity contribution in [2.45, 2.75) is 25.3 Å². The highest BCUT2D eigenvalue weighted by molar-refractivity contribution is 5.98. The third kappa shape index (κ3) is 4.87. The molecule has 1 N–H and O–H groups in total. The number of anilines is 2. The van der Waals surface area contributed by atoms with E-state index in [0.717, 1.165) is 34.5 Å². The van der Waals surface area contributed by atoms with Crippen LogP contribution in [-0.2, 0) is 11.2 Å². The molecule has 0 bridgehead atoms. The van der Waals surface area contributed by atoms with E-state index in [2.05, 4.69) is 15.0 Å². The van der Waals surface area contributed by atoms with Gasteiger partial charge in [0, 0.05) is 49.7 Å². The average molecular weight is 457 g/mol. The molecule has 0 saturated heterocycles. The number of hydrogen-bond donors (Lipinski definition) is 1. The number of nitrogens with zero attached hydrogens (tertiary/aromatic N) is 2. The van der Waals surface area contributed by atoms with Crippen LogP contribution >= 0.6 is 0 Å². The Morgan fingerprint density at radius 2 is 1.88 bits per heavy atom. The molecule has 172 valence electrons. The summed E-state index contributed by atoms with van der Waals surface area (Å²) < 4.78 is 47.3. The molecule has 1 unspecified atom stereocenters. The fourth-order valence-corrected chi connectivity index (χ4v) is 3.69. The molecule has 1 aliphatic rings. The molecule has 0 radical (unpaired) electrons. The van der Waals surface area contributed by atoms with Crippen molar-refractivity contribution < 1.29 is 27.4 Å². The summed E-state index contributed by atoms with van der Waals surface area (Å²) in [6.45, 7) is 1.62. The first kappa shape index (κ1) is 22.4. The molecule has 0 fully saturated rings. The van der Waals surface area contributed by atoms with Crippen LogP contribution in [0.15, 0.2) is 60.8 Å². The molecule has 1 atom stereocenters. The van der Waals surface area contributed by atoms with E-state index < -0.39 is 23.6 Å². The molecule has 0 spiro atoms. The lowest BCUT2D eigenvalue weighted by Crippen LogP contribution is -2.44. The molecule has 1 amide bonds. The number of pyridine rings is 1. The van der Waals surface area contributed by atoms with Crippen molar-refractivity contribution in [1.29, 1.82) is 0 Å². The van der Waals surface area contributed by atoms with Gasteiger partial charge in [0.15, 0.2) is 5.60 Å². The van der Waals surface area contributed by atoms with E-state index in [9.17, 15) is 18.0 Å². The number of benzene rings is 2. The van der Waals surface area contributed by atoms with Crippen molar-refractivity contribution in [3.63, 3.8) is 0 Å². The number of nitrogens with one attached hydrogen (secondary N) is 1. The van der Waals surface area contributed by atoms with Gasteiger partial charge in [-0.3, -0.25) is 4.79 Å². The van der Waals surface area contributed by atoms with Gasteiger partial charge in [-0.1, -0.05) is 18.2 Å². The van der Waals surface area contributed by atoms with E-state index >= 15 is 0 Å². The van der Waals surface area contributed by atoms with Crippen molar-refractivity contribution in [1.82, 2.24) is 4.98 Å². The fraction of sp³-hybridized carbons (Fsp3) is 0.250. The number of halogens is 3. The van der Waals surface area contributed by atoms with Gasteiger partial charge in [0.25, 0.3) is 5.91 Å². The lowest BCUT2D eigenvalue weighted by atomic mass is 9.93. The Labute approximate surface area is 189 Å². The first-order chi connectivity index (χ1) is 15.5. The predicted molar refractivity (Wildman–Crippen MR) is 118 cm³/mol. The second-order valence-electron chi connectivity index (χ2n) is 8.12. The van der Waals surface area contributed by atoms with Crippen LogP contribution in [0.5, 0.6) is 11.6 Å². The highest BCUT2D eigenvalue weighted by Crippen LogP contribution is 2.40. The molecule has 1 aromatic heterocycles.